The number of hydrogen-bond donors (Lipinski definition) is 0. The van der Waals surface area contributed by atoms with Crippen LogP contribution in [-0.2, 0) is 0 Å². The Labute approximate surface area is 209 Å². The van der Waals surface area contributed by atoms with Gasteiger partial charge in [0.25, 0.3) is 0 Å². The Morgan fingerprint density at radius 1 is 0.686 bits per heavy atom. The van der Waals surface area contributed by atoms with E-state index in [4.69, 9.17) is 0 Å². The minimum Gasteiger partial charge on any atom is -0.271 e. The second-order valence-corrected chi connectivity index (χ2v) is 13.9. The van der Waals surface area contributed by atoms with Crippen LogP contribution in [0.25, 0.3) is 0 Å². The van der Waals surface area contributed by atoms with Crippen molar-refractivity contribution in [3.8, 4) is 6.07 Å². The van der Waals surface area contributed by atoms with Gasteiger partial charge in [0.2, 0.25) is 0 Å². The van der Waals surface area contributed by atoms with Gasteiger partial charge in [-0.05, 0) is 0 Å². The highest BCUT2D eigenvalue weighted by Gasteiger charge is 2.61. The van der Waals surface area contributed by atoms with Crippen molar-refractivity contribution in [2.24, 2.45) is 5.92 Å². The van der Waals surface area contributed by atoms with Crippen LogP contribution in [0.2, 0.25) is 0 Å². The van der Waals surface area contributed by atoms with Crippen molar-refractivity contribution in [1.82, 2.24) is 18.7 Å². The van der Waals surface area contributed by atoms with Crippen molar-refractivity contribution < 1.29 is 26.3 Å². The Hall–Kier alpha value is -0.360. The van der Waals surface area contributed by atoms with E-state index in [9.17, 15) is 31.6 Å². The number of rotatable bonds is 15. The van der Waals surface area contributed by atoms with Crippen LogP contribution in [-0.4, -0.2) is 94.6 Å². The Balaban J connectivity index is 8.00. The molecule has 0 rings (SSSR count). The molecule has 0 saturated heterocycles. The first-order valence-electron chi connectivity index (χ1n) is 12.3. The number of halogens is 6. The lowest BCUT2D eigenvalue weighted by Gasteiger charge is -2.50. The molecule has 0 spiro atoms. The van der Waals surface area contributed by atoms with Crippen LogP contribution in [0.5, 0.6) is 0 Å². The van der Waals surface area contributed by atoms with Crippen molar-refractivity contribution in [1.29, 1.82) is 5.26 Å². The van der Waals surface area contributed by atoms with E-state index in [1.54, 1.807) is 37.0 Å². The first kappa shape index (κ1) is 34.6. The van der Waals surface area contributed by atoms with Crippen LogP contribution in [0.15, 0.2) is 0 Å². The first-order valence-corrected chi connectivity index (χ1v) is 15.6. The molecule has 35 heavy (non-hydrogen) atoms. The highest BCUT2D eigenvalue weighted by atomic mass is 31.2. The van der Waals surface area contributed by atoms with Gasteiger partial charge in [0.05, 0.1) is 11.4 Å². The molecule has 0 unspecified atom stereocenters. The lowest BCUT2D eigenvalue weighted by Crippen LogP contribution is -2.47. The van der Waals surface area contributed by atoms with E-state index in [2.05, 4.69) is 9.34 Å². The average Bonchev–Trinajstić information content (AvgIpc) is 2.78. The SMILES string of the molecule is CCN(CC)P(CP(=C(C#N)C(C(F)(F)F)C(F)(F)F)(N(CC)CC)N(CC)CC)N(CC)CC. The van der Waals surface area contributed by atoms with Gasteiger partial charge in [-0.2, -0.15) is 31.6 Å². The molecule has 0 amide bonds. The highest BCUT2D eigenvalue weighted by molar-refractivity contribution is 7.81. The van der Waals surface area contributed by atoms with Crippen LogP contribution in [0, 0.1) is 17.2 Å². The maximum absolute atomic E-state index is 14.1. The highest BCUT2D eigenvalue weighted by Crippen LogP contribution is 2.67. The maximum Gasteiger partial charge on any atom is 0.405 e. The number of nitrogens with zero attached hydrogens (tertiary/aromatic N) is 5. The van der Waals surface area contributed by atoms with Crippen LogP contribution >= 0.6 is 15.4 Å². The molecule has 0 aliphatic rings. The third-order valence-electron chi connectivity index (χ3n) is 6.26. The van der Waals surface area contributed by atoms with Gasteiger partial charge in [-0.3, -0.25) is 18.7 Å². The van der Waals surface area contributed by atoms with Crippen molar-refractivity contribution >= 4 is 20.7 Å². The second kappa shape index (κ2) is 15.1. The minimum absolute atomic E-state index is 0.0839. The molecule has 13 heteroatoms. The third kappa shape index (κ3) is 8.06. The largest absolute Gasteiger partial charge is 0.405 e. The molecule has 0 bridgehead atoms. The number of alkyl halides is 6. The zero-order valence-electron chi connectivity index (χ0n) is 22.3. The van der Waals surface area contributed by atoms with Gasteiger partial charge in [0, 0.05) is 73.7 Å². The van der Waals surface area contributed by atoms with E-state index in [0.717, 1.165) is 0 Å². The summed E-state index contributed by atoms with van der Waals surface area (Å²) in [5.41, 5.74) is 0. The molecular formula is C22H43F6N5P2. The fraction of sp³-hybridized carbons (Fsp3) is 0.909. The molecule has 0 aliphatic carbocycles. The molecule has 0 aromatic rings. The third-order valence-corrected chi connectivity index (χ3v) is 15.4. The molecule has 0 aromatic carbocycles. The Kier molecular flexibility index (Phi) is 15.0. The van der Waals surface area contributed by atoms with E-state index in [1.807, 2.05) is 27.7 Å². The van der Waals surface area contributed by atoms with Crippen molar-refractivity contribution in [3.63, 3.8) is 0 Å². The Morgan fingerprint density at radius 2 is 1.00 bits per heavy atom. The molecule has 0 aliphatic heterocycles. The topological polar surface area (TPSA) is 36.8 Å². The summed E-state index contributed by atoms with van der Waals surface area (Å²) < 4.78 is 92.4. The van der Waals surface area contributed by atoms with Crippen molar-refractivity contribution in [2.45, 2.75) is 67.7 Å². The summed E-state index contributed by atoms with van der Waals surface area (Å²) in [4.78, 5) is 0. The lowest BCUT2D eigenvalue weighted by atomic mass is 10.1. The van der Waals surface area contributed by atoms with E-state index in [1.165, 1.54) is 6.07 Å². The van der Waals surface area contributed by atoms with Gasteiger partial charge in [0.1, 0.15) is 0 Å². The molecule has 0 fully saturated rings. The Bertz CT molecular complexity index is 665. The van der Waals surface area contributed by atoms with Crippen LogP contribution in [0.3, 0.4) is 0 Å². The molecule has 0 heterocycles. The van der Waals surface area contributed by atoms with Gasteiger partial charge in [-0.1, -0.05) is 55.4 Å². The summed E-state index contributed by atoms with van der Waals surface area (Å²) in [7, 11) is -4.84. The molecule has 5 nitrogen and oxygen atoms in total. The second-order valence-electron chi connectivity index (χ2n) is 7.81. The number of nitriles is 1. The summed E-state index contributed by atoms with van der Waals surface area (Å²) in [6.45, 7) is 18.2. The van der Waals surface area contributed by atoms with Crippen LogP contribution in [0.1, 0.15) is 55.4 Å². The predicted molar refractivity (Wildman–Crippen MR) is 137 cm³/mol. The lowest BCUT2D eigenvalue weighted by molar-refractivity contribution is -0.259. The standard InChI is InChI=1S/C22H43F6N5P2/c1-9-30(10-2)34(31(11-3)12-4)18-35(32(13-5)14-6,33(15-7)16-8)19(17-29)20(21(23,24)25)22(26,27)28/h20H,9-16,18H2,1-8H3. The quantitative estimate of drug-likeness (QED) is 0.163. The van der Waals surface area contributed by atoms with E-state index >= 15 is 0 Å². The van der Waals surface area contributed by atoms with Gasteiger partial charge < -0.3 is 0 Å². The molecular weight excluding hydrogens is 510 g/mol. The fourth-order valence-corrected chi connectivity index (χ4v) is 14.9. The molecule has 0 aromatic heterocycles. The van der Waals surface area contributed by atoms with Crippen LogP contribution < -0.4 is 0 Å². The van der Waals surface area contributed by atoms with Gasteiger partial charge in [-0.15, -0.1) is 0 Å². The predicted octanol–water partition coefficient (Wildman–Crippen LogP) is 6.91. The minimum atomic E-state index is -5.62. The summed E-state index contributed by atoms with van der Waals surface area (Å²) in [6.07, 6.45) is -11.2. The van der Waals surface area contributed by atoms with Gasteiger partial charge >= 0.3 is 12.4 Å². The Morgan fingerprint density at radius 3 is 1.20 bits per heavy atom. The molecule has 0 N–H and O–H groups in total. The molecule has 0 saturated carbocycles. The van der Waals surface area contributed by atoms with Crippen molar-refractivity contribution in [2.75, 3.05) is 58.3 Å². The number of hydrogen-bond acceptors (Lipinski definition) is 5. The molecule has 0 atom stereocenters. The van der Waals surface area contributed by atoms with E-state index < -0.39 is 39.0 Å². The molecule has 0 radical (unpaired) electrons. The van der Waals surface area contributed by atoms with Gasteiger partial charge in [0.15, 0.2) is 5.92 Å². The summed E-state index contributed by atoms with van der Waals surface area (Å²) in [5.74, 6) is -3.71. The zero-order chi connectivity index (χ0) is 27.6. The van der Waals surface area contributed by atoms with Crippen molar-refractivity contribution in [3.05, 3.63) is 0 Å². The van der Waals surface area contributed by atoms with E-state index in [0.29, 0.717) is 26.2 Å². The normalized spacial score (nSPS) is 13.7. The smallest absolute Gasteiger partial charge is 0.271 e. The van der Waals surface area contributed by atoms with E-state index in [-0.39, 0.29) is 32.1 Å². The summed E-state index contributed by atoms with van der Waals surface area (Å²) in [6, 6.07) is 1.53. The summed E-state index contributed by atoms with van der Waals surface area (Å²) in [5, 5.41) is 9.05. The van der Waals surface area contributed by atoms with Crippen LogP contribution in [0.4, 0.5) is 26.3 Å². The zero-order valence-corrected chi connectivity index (χ0v) is 24.1. The van der Waals surface area contributed by atoms with Gasteiger partial charge in [-0.25, -0.2) is 0 Å². The monoisotopic (exact) mass is 553 g/mol. The summed E-state index contributed by atoms with van der Waals surface area (Å²) >= 11 is 0. The average molecular weight is 554 g/mol. The fourth-order valence-electron chi connectivity index (χ4n) is 4.60. The first-order chi connectivity index (χ1) is 16.2. The molecule has 208 valence electrons. The maximum atomic E-state index is 14.1.